The van der Waals surface area contributed by atoms with Crippen LogP contribution >= 0.6 is 0 Å². The summed E-state index contributed by atoms with van der Waals surface area (Å²) in [6.07, 6.45) is 4.26. The van der Waals surface area contributed by atoms with Crippen LogP contribution in [0, 0.1) is 12.7 Å². The second kappa shape index (κ2) is 5.29. The smallest absolute Gasteiger partial charge is 0.130 e. The molecule has 4 nitrogen and oxygen atoms in total. The first-order chi connectivity index (χ1) is 8.61. The zero-order valence-electron chi connectivity index (χ0n) is 10.5. The molecule has 1 unspecified atom stereocenters. The van der Waals surface area contributed by atoms with E-state index in [1.54, 1.807) is 29.9 Å². The lowest BCUT2D eigenvalue weighted by Gasteiger charge is -2.17. The average Bonchev–Trinajstić information content (AvgIpc) is 2.76. The fourth-order valence-corrected chi connectivity index (χ4v) is 2.01. The molecule has 18 heavy (non-hydrogen) atoms. The third-order valence-corrected chi connectivity index (χ3v) is 3.00. The Morgan fingerprint density at radius 3 is 2.89 bits per heavy atom. The SMILES string of the molecule is Cc1cccc(C(Cc2cnn(C)c2)NN)c1F. The van der Waals surface area contributed by atoms with Gasteiger partial charge in [-0.25, -0.2) is 4.39 Å². The third-order valence-electron chi connectivity index (χ3n) is 3.00. The van der Waals surface area contributed by atoms with Gasteiger partial charge in [-0.3, -0.25) is 16.0 Å². The van der Waals surface area contributed by atoms with Crippen molar-refractivity contribution in [3.8, 4) is 0 Å². The molecule has 2 aromatic rings. The van der Waals surface area contributed by atoms with Crippen molar-refractivity contribution in [3.05, 3.63) is 53.1 Å². The van der Waals surface area contributed by atoms with E-state index in [9.17, 15) is 4.39 Å². The number of hydrogen-bond donors (Lipinski definition) is 2. The Morgan fingerprint density at radius 2 is 2.28 bits per heavy atom. The van der Waals surface area contributed by atoms with Crippen molar-refractivity contribution in [3.63, 3.8) is 0 Å². The highest BCUT2D eigenvalue weighted by atomic mass is 19.1. The Balaban J connectivity index is 2.25. The monoisotopic (exact) mass is 248 g/mol. The molecular weight excluding hydrogens is 231 g/mol. The molecule has 96 valence electrons. The van der Waals surface area contributed by atoms with E-state index in [0.717, 1.165) is 5.56 Å². The van der Waals surface area contributed by atoms with Gasteiger partial charge in [0.15, 0.2) is 0 Å². The maximum atomic E-state index is 14.0. The normalized spacial score (nSPS) is 12.7. The lowest BCUT2D eigenvalue weighted by Crippen LogP contribution is -2.30. The molecule has 0 aliphatic heterocycles. The minimum atomic E-state index is -0.255. The summed E-state index contributed by atoms with van der Waals surface area (Å²) in [6, 6.07) is 5.08. The Bertz CT molecular complexity index is 536. The van der Waals surface area contributed by atoms with Crippen LogP contribution < -0.4 is 11.3 Å². The summed E-state index contributed by atoms with van der Waals surface area (Å²) in [7, 11) is 1.85. The molecule has 0 spiro atoms. The van der Waals surface area contributed by atoms with Crippen LogP contribution in [-0.4, -0.2) is 9.78 Å². The Hall–Kier alpha value is -1.72. The summed E-state index contributed by atoms with van der Waals surface area (Å²) in [5.41, 5.74) is 4.89. The van der Waals surface area contributed by atoms with Gasteiger partial charge in [-0.05, 0) is 24.5 Å². The number of aromatic nitrogens is 2. The van der Waals surface area contributed by atoms with E-state index in [4.69, 9.17) is 5.84 Å². The first-order valence-electron chi connectivity index (χ1n) is 5.80. The molecule has 0 amide bonds. The van der Waals surface area contributed by atoms with Gasteiger partial charge >= 0.3 is 0 Å². The van der Waals surface area contributed by atoms with E-state index in [0.29, 0.717) is 17.5 Å². The molecule has 1 aromatic carbocycles. The number of aryl methyl sites for hydroxylation is 2. The average molecular weight is 248 g/mol. The van der Waals surface area contributed by atoms with Crippen molar-refractivity contribution in [1.29, 1.82) is 0 Å². The van der Waals surface area contributed by atoms with Crippen LogP contribution in [-0.2, 0) is 13.5 Å². The van der Waals surface area contributed by atoms with Crippen molar-refractivity contribution >= 4 is 0 Å². The first-order valence-corrected chi connectivity index (χ1v) is 5.80. The van der Waals surface area contributed by atoms with E-state index in [-0.39, 0.29) is 11.9 Å². The maximum absolute atomic E-state index is 14.0. The summed E-state index contributed by atoms with van der Waals surface area (Å²) in [6.45, 7) is 1.75. The number of nitrogens with one attached hydrogen (secondary N) is 1. The second-order valence-corrected chi connectivity index (χ2v) is 4.42. The molecule has 5 heteroatoms. The zero-order chi connectivity index (χ0) is 13.1. The fraction of sp³-hybridized carbons (Fsp3) is 0.308. The largest absolute Gasteiger partial charge is 0.276 e. The minimum absolute atomic E-state index is 0.204. The van der Waals surface area contributed by atoms with Crippen LogP contribution in [0.2, 0.25) is 0 Å². The van der Waals surface area contributed by atoms with Crippen LogP contribution in [0.25, 0.3) is 0 Å². The maximum Gasteiger partial charge on any atom is 0.130 e. The van der Waals surface area contributed by atoms with E-state index >= 15 is 0 Å². The number of nitrogens with zero attached hydrogens (tertiary/aromatic N) is 2. The predicted molar refractivity (Wildman–Crippen MR) is 68.1 cm³/mol. The van der Waals surface area contributed by atoms with E-state index in [2.05, 4.69) is 10.5 Å². The summed E-state index contributed by atoms with van der Waals surface area (Å²) >= 11 is 0. The first kappa shape index (κ1) is 12.7. The molecule has 0 aliphatic carbocycles. The lowest BCUT2D eigenvalue weighted by molar-refractivity contribution is 0.507. The quantitative estimate of drug-likeness (QED) is 0.638. The van der Waals surface area contributed by atoms with Crippen molar-refractivity contribution in [1.82, 2.24) is 15.2 Å². The van der Waals surface area contributed by atoms with Crippen LogP contribution in [0.4, 0.5) is 4.39 Å². The van der Waals surface area contributed by atoms with Crippen molar-refractivity contribution < 1.29 is 4.39 Å². The highest BCUT2D eigenvalue weighted by Crippen LogP contribution is 2.22. The molecule has 3 N–H and O–H groups in total. The molecule has 0 fully saturated rings. The number of benzene rings is 1. The molecule has 0 bridgehead atoms. The number of hydrazine groups is 1. The molecule has 1 aromatic heterocycles. The standard InChI is InChI=1S/C13H17FN4/c1-9-4-3-5-11(13(9)14)12(17-15)6-10-7-16-18(2)8-10/h3-5,7-8,12,17H,6,15H2,1-2H3. The summed E-state index contributed by atoms with van der Waals surface area (Å²) in [5.74, 6) is 5.33. The van der Waals surface area contributed by atoms with Crippen molar-refractivity contribution in [2.24, 2.45) is 12.9 Å². The molecule has 2 rings (SSSR count). The van der Waals surface area contributed by atoms with Gasteiger partial charge in [0.1, 0.15) is 5.82 Å². The third kappa shape index (κ3) is 2.57. The van der Waals surface area contributed by atoms with Gasteiger partial charge < -0.3 is 0 Å². The summed E-state index contributed by atoms with van der Waals surface area (Å²) < 4.78 is 15.7. The fourth-order valence-electron chi connectivity index (χ4n) is 2.01. The van der Waals surface area contributed by atoms with E-state index in [1.807, 2.05) is 19.3 Å². The summed E-state index contributed by atoms with van der Waals surface area (Å²) in [4.78, 5) is 0. The van der Waals surface area contributed by atoms with Crippen LogP contribution in [0.3, 0.4) is 0 Å². The molecule has 1 heterocycles. The topological polar surface area (TPSA) is 55.9 Å². The predicted octanol–water partition coefficient (Wildman–Crippen LogP) is 1.61. The van der Waals surface area contributed by atoms with Crippen LogP contribution in [0.1, 0.15) is 22.7 Å². The molecule has 0 aliphatic rings. The number of hydrogen-bond acceptors (Lipinski definition) is 3. The molecule has 1 atom stereocenters. The van der Waals surface area contributed by atoms with Crippen LogP contribution in [0.15, 0.2) is 30.6 Å². The van der Waals surface area contributed by atoms with E-state index in [1.165, 1.54) is 0 Å². The van der Waals surface area contributed by atoms with Gasteiger partial charge in [0, 0.05) is 18.8 Å². The van der Waals surface area contributed by atoms with Crippen molar-refractivity contribution in [2.75, 3.05) is 0 Å². The molecular formula is C13H17FN4. The lowest BCUT2D eigenvalue weighted by atomic mass is 9.99. The van der Waals surface area contributed by atoms with E-state index < -0.39 is 0 Å². The number of rotatable bonds is 4. The highest BCUT2D eigenvalue weighted by Gasteiger charge is 2.16. The number of nitrogens with two attached hydrogens (primary N) is 1. The van der Waals surface area contributed by atoms with Gasteiger partial charge in [-0.1, -0.05) is 18.2 Å². The van der Waals surface area contributed by atoms with Gasteiger partial charge in [0.05, 0.1) is 12.2 Å². The highest BCUT2D eigenvalue weighted by molar-refractivity contribution is 5.28. The Morgan fingerprint density at radius 1 is 1.50 bits per heavy atom. The van der Waals surface area contributed by atoms with Gasteiger partial charge in [-0.2, -0.15) is 5.10 Å². The summed E-state index contributed by atoms with van der Waals surface area (Å²) in [5, 5.41) is 4.09. The van der Waals surface area contributed by atoms with Gasteiger partial charge in [-0.15, -0.1) is 0 Å². The van der Waals surface area contributed by atoms with Crippen molar-refractivity contribution in [2.45, 2.75) is 19.4 Å². The minimum Gasteiger partial charge on any atom is -0.276 e. The second-order valence-electron chi connectivity index (χ2n) is 4.42. The van der Waals surface area contributed by atoms with Gasteiger partial charge in [0.25, 0.3) is 0 Å². The molecule has 0 saturated heterocycles. The Labute approximate surface area is 106 Å². The molecule has 0 saturated carbocycles. The Kier molecular flexibility index (Phi) is 3.74. The number of halogens is 1. The molecule has 0 radical (unpaired) electrons. The van der Waals surface area contributed by atoms with Gasteiger partial charge in [0.2, 0.25) is 0 Å². The van der Waals surface area contributed by atoms with Crippen LogP contribution in [0.5, 0.6) is 0 Å². The zero-order valence-corrected chi connectivity index (χ0v) is 10.5.